The Bertz CT molecular complexity index is 657. The zero-order valence-electron chi connectivity index (χ0n) is 23.4. The third-order valence-corrected chi connectivity index (χ3v) is 12.0. The van der Waals surface area contributed by atoms with Crippen molar-refractivity contribution >= 4 is 0 Å². The van der Waals surface area contributed by atoms with Gasteiger partial charge in [0.2, 0.25) is 0 Å². The highest BCUT2D eigenvalue weighted by Crippen LogP contribution is 2.68. The van der Waals surface area contributed by atoms with Crippen molar-refractivity contribution < 1.29 is 0 Å². The van der Waals surface area contributed by atoms with Crippen LogP contribution in [0.5, 0.6) is 0 Å². The Kier molecular flexibility index (Phi) is 8.44. The molecular formula is C33H58. The molecule has 0 aromatic heterocycles. The van der Waals surface area contributed by atoms with Gasteiger partial charge in [-0.15, -0.1) is 0 Å². The molecule has 0 aliphatic heterocycles. The van der Waals surface area contributed by atoms with Gasteiger partial charge in [-0.2, -0.15) is 0 Å². The Morgan fingerprint density at radius 2 is 1.64 bits per heavy atom. The van der Waals surface area contributed by atoms with E-state index in [1.54, 1.807) is 25.7 Å². The summed E-state index contributed by atoms with van der Waals surface area (Å²) in [5, 5.41) is 0. The Hall–Kier alpha value is -0.260. The van der Waals surface area contributed by atoms with Crippen LogP contribution < -0.4 is 0 Å². The van der Waals surface area contributed by atoms with Gasteiger partial charge in [0.15, 0.2) is 0 Å². The number of allylic oxidation sites excluding steroid dienone is 2. The van der Waals surface area contributed by atoms with Crippen LogP contribution in [-0.4, -0.2) is 0 Å². The monoisotopic (exact) mass is 454 g/mol. The molecule has 1 unspecified atom stereocenters. The fourth-order valence-corrected chi connectivity index (χ4v) is 10.0. The summed E-state index contributed by atoms with van der Waals surface area (Å²) in [6.45, 7) is 15.3. The highest BCUT2D eigenvalue weighted by molar-refractivity contribution is 5.15. The van der Waals surface area contributed by atoms with Gasteiger partial charge >= 0.3 is 0 Å². The van der Waals surface area contributed by atoms with E-state index in [2.05, 4.69) is 47.6 Å². The molecule has 0 heterocycles. The van der Waals surface area contributed by atoms with E-state index in [1.807, 2.05) is 5.57 Å². The largest absolute Gasteiger partial charge is 0.0853 e. The summed E-state index contributed by atoms with van der Waals surface area (Å²) in [5.41, 5.74) is 3.14. The molecule has 0 aromatic rings. The van der Waals surface area contributed by atoms with Crippen molar-refractivity contribution in [2.24, 2.45) is 52.3 Å². The van der Waals surface area contributed by atoms with Gasteiger partial charge in [-0.1, -0.05) is 85.3 Å². The number of hydrogen-bond acceptors (Lipinski definition) is 0. The van der Waals surface area contributed by atoms with Crippen molar-refractivity contribution in [2.75, 3.05) is 0 Å². The predicted molar refractivity (Wildman–Crippen MR) is 145 cm³/mol. The zero-order valence-corrected chi connectivity index (χ0v) is 23.4. The molecule has 0 N–H and O–H groups in total. The summed E-state index contributed by atoms with van der Waals surface area (Å²) in [6.07, 6.45) is 26.2. The summed E-state index contributed by atoms with van der Waals surface area (Å²) >= 11 is 0. The Balaban J connectivity index is 1.39. The molecule has 0 bridgehead atoms. The molecule has 4 fully saturated rings. The van der Waals surface area contributed by atoms with Gasteiger partial charge in [0.25, 0.3) is 0 Å². The normalized spacial score (nSPS) is 42.8. The highest BCUT2D eigenvalue weighted by Gasteiger charge is 2.60. The smallest absolute Gasteiger partial charge is 0.0260 e. The van der Waals surface area contributed by atoms with Crippen molar-refractivity contribution in [3.05, 3.63) is 11.6 Å². The molecule has 8 atom stereocenters. The molecule has 0 aromatic carbocycles. The maximum atomic E-state index is 2.76. The van der Waals surface area contributed by atoms with E-state index in [0.717, 1.165) is 41.4 Å². The van der Waals surface area contributed by atoms with Crippen LogP contribution in [0.2, 0.25) is 0 Å². The fourth-order valence-electron chi connectivity index (χ4n) is 10.0. The van der Waals surface area contributed by atoms with Crippen molar-refractivity contribution in [3.8, 4) is 0 Å². The van der Waals surface area contributed by atoms with Gasteiger partial charge in [-0.3, -0.25) is 0 Å². The Labute approximate surface area is 208 Å². The standard InChI is InChI=1S/C33H58/c1-7-8-9-10-14-26-19-21-32(5)27(23-26)15-16-28-30-18-17-29(25(4)13-11-12-24(2)3)33(30,6)22-20-31(28)32/h14,24-25,27-31H,7-13,15-23H2,1-6H3/b26-14-/t25-,27?,28+,29-,30+,31+,32+,33-/m1/s1. The molecule has 190 valence electrons. The van der Waals surface area contributed by atoms with E-state index in [0.29, 0.717) is 10.8 Å². The van der Waals surface area contributed by atoms with Gasteiger partial charge in [0, 0.05) is 0 Å². The molecule has 4 aliphatic rings. The number of fused-ring (bicyclic) bond motifs is 5. The first-order valence-corrected chi connectivity index (χ1v) is 15.5. The SMILES string of the molecule is CCCCC/C=C1/CC[C@@]2(C)C(CC[C@H]3[C@@H]4CC[C@H]([C@H](C)CCCC(C)C)[C@@]4(C)CC[C@@H]32)C1. The number of hydrogen-bond donors (Lipinski definition) is 0. The van der Waals surface area contributed by atoms with E-state index >= 15 is 0 Å². The van der Waals surface area contributed by atoms with E-state index in [9.17, 15) is 0 Å². The average Bonchev–Trinajstić information content (AvgIpc) is 3.14. The topological polar surface area (TPSA) is 0 Å². The first-order chi connectivity index (χ1) is 15.8. The van der Waals surface area contributed by atoms with E-state index in [-0.39, 0.29) is 0 Å². The van der Waals surface area contributed by atoms with Gasteiger partial charge in [-0.25, -0.2) is 0 Å². The fraction of sp³-hybridized carbons (Fsp3) is 0.939. The minimum atomic E-state index is 0.645. The average molecular weight is 455 g/mol. The van der Waals surface area contributed by atoms with Gasteiger partial charge in [-0.05, 0) is 123 Å². The molecule has 0 saturated heterocycles. The van der Waals surface area contributed by atoms with Crippen molar-refractivity contribution in [1.29, 1.82) is 0 Å². The van der Waals surface area contributed by atoms with Crippen LogP contribution in [-0.2, 0) is 0 Å². The first kappa shape index (κ1) is 25.8. The molecule has 33 heavy (non-hydrogen) atoms. The lowest BCUT2D eigenvalue weighted by Crippen LogP contribution is -2.53. The van der Waals surface area contributed by atoms with Crippen molar-refractivity contribution in [2.45, 2.75) is 144 Å². The number of unbranched alkanes of at least 4 members (excludes halogenated alkanes) is 3. The van der Waals surface area contributed by atoms with E-state index in [4.69, 9.17) is 0 Å². The lowest BCUT2D eigenvalue weighted by molar-refractivity contribution is -0.109. The van der Waals surface area contributed by atoms with Crippen LogP contribution in [0.1, 0.15) is 144 Å². The van der Waals surface area contributed by atoms with Gasteiger partial charge in [0.05, 0.1) is 0 Å². The molecular weight excluding hydrogens is 396 g/mol. The molecule has 0 heteroatoms. The summed E-state index contributed by atoms with van der Waals surface area (Å²) in [6, 6.07) is 0. The number of rotatable bonds is 9. The lowest BCUT2D eigenvalue weighted by Gasteiger charge is -2.61. The minimum Gasteiger partial charge on any atom is -0.0853 e. The Morgan fingerprint density at radius 1 is 0.848 bits per heavy atom. The molecule has 0 spiro atoms. The summed E-state index contributed by atoms with van der Waals surface area (Å²) in [7, 11) is 0. The van der Waals surface area contributed by atoms with Crippen molar-refractivity contribution in [3.63, 3.8) is 0 Å². The molecule has 4 saturated carbocycles. The van der Waals surface area contributed by atoms with Crippen LogP contribution >= 0.6 is 0 Å². The van der Waals surface area contributed by atoms with Crippen LogP contribution in [0.4, 0.5) is 0 Å². The van der Waals surface area contributed by atoms with E-state index in [1.165, 1.54) is 77.0 Å². The summed E-state index contributed by atoms with van der Waals surface area (Å²) < 4.78 is 0. The third-order valence-electron chi connectivity index (χ3n) is 12.0. The molecule has 0 amide bonds. The molecule has 0 nitrogen and oxygen atoms in total. The molecule has 4 rings (SSSR count). The maximum absolute atomic E-state index is 2.76. The third kappa shape index (κ3) is 5.16. The van der Waals surface area contributed by atoms with Crippen molar-refractivity contribution in [1.82, 2.24) is 0 Å². The van der Waals surface area contributed by atoms with Crippen LogP contribution in [0.15, 0.2) is 11.6 Å². The van der Waals surface area contributed by atoms with Crippen LogP contribution in [0, 0.1) is 52.3 Å². The predicted octanol–water partition coefficient (Wildman–Crippen LogP) is 10.6. The van der Waals surface area contributed by atoms with Gasteiger partial charge in [0.1, 0.15) is 0 Å². The highest BCUT2D eigenvalue weighted by atomic mass is 14.6. The maximum Gasteiger partial charge on any atom is -0.0260 e. The zero-order chi connectivity index (χ0) is 23.6. The van der Waals surface area contributed by atoms with E-state index < -0.39 is 0 Å². The molecule has 0 radical (unpaired) electrons. The summed E-state index contributed by atoms with van der Waals surface area (Å²) in [5.74, 6) is 6.93. The molecule has 4 aliphatic carbocycles. The van der Waals surface area contributed by atoms with Gasteiger partial charge < -0.3 is 0 Å². The lowest BCUT2D eigenvalue weighted by atomic mass is 9.44. The first-order valence-electron chi connectivity index (χ1n) is 15.5. The Morgan fingerprint density at radius 3 is 2.39 bits per heavy atom. The second kappa shape index (κ2) is 10.8. The second-order valence-corrected chi connectivity index (χ2v) is 14.2. The van der Waals surface area contributed by atoms with Crippen LogP contribution in [0.3, 0.4) is 0 Å². The van der Waals surface area contributed by atoms with Crippen LogP contribution in [0.25, 0.3) is 0 Å². The second-order valence-electron chi connectivity index (χ2n) is 14.2. The minimum absolute atomic E-state index is 0.645. The summed E-state index contributed by atoms with van der Waals surface area (Å²) in [4.78, 5) is 0. The quantitative estimate of drug-likeness (QED) is 0.240.